The van der Waals surface area contributed by atoms with Crippen LogP contribution in [0.5, 0.6) is 0 Å². The second-order valence-electron chi connectivity index (χ2n) is 10.9. The first-order chi connectivity index (χ1) is 12.4. The van der Waals surface area contributed by atoms with Crippen LogP contribution in [0.15, 0.2) is 11.6 Å². The minimum atomic E-state index is 0.373. The Morgan fingerprint density at radius 2 is 1.85 bits per heavy atom. The molecule has 1 aliphatic heterocycles. The van der Waals surface area contributed by atoms with Crippen LogP contribution in [0.4, 0.5) is 0 Å². The molecule has 0 amide bonds. The first-order valence-electron chi connectivity index (χ1n) is 11.2. The van der Waals surface area contributed by atoms with Gasteiger partial charge in [0.25, 0.3) is 0 Å². The highest BCUT2D eigenvalue weighted by atomic mass is 16.5. The summed E-state index contributed by atoms with van der Waals surface area (Å²) in [7, 11) is 4.51. The molecule has 4 fully saturated rings. The summed E-state index contributed by atoms with van der Waals surface area (Å²) in [5, 5.41) is 12.2. The predicted octanol–water partition coefficient (Wildman–Crippen LogP) is 4.57. The Morgan fingerprint density at radius 1 is 1.08 bits per heavy atom. The molecule has 1 saturated heterocycles. The Bertz CT molecular complexity index is 615. The maximum Gasteiger partial charge on any atom is 0.0356 e. The van der Waals surface area contributed by atoms with Gasteiger partial charge in [-0.2, -0.15) is 5.06 Å². The van der Waals surface area contributed by atoms with Crippen LogP contribution in [-0.2, 0) is 0 Å². The highest BCUT2D eigenvalue weighted by molar-refractivity contribution is 5.26. The third-order valence-corrected chi connectivity index (χ3v) is 10.1. The first kappa shape index (κ1) is 17.7. The Morgan fingerprint density at radius 3 is 2.62 bits per heavy atom. The molecule has 1 spiro atoms. The van der Waals surface area contributed by atoms with Gasteiger partial charge in [0.1, 0.15) is 0 Å². The molecule has 8 atom stereocenters. The summed E-state index contributed by atoms with van der Waals surface area (Å²) in [6.45, 7) is 5.82. The summed E-state index contributed by atoms with van der Waals surface area (Å²) in [5.41, 5.74) is 2.67. The lowest BCUT2D eigenvalue weighted by atomic mass is 9.47. The molecule has 146 valence electrons. The molecule has 3 heteroatoms. The molecule has 0 bridgehead atoms. The molecule has 0 aromatic heterocycles. The lowest BCUT2D eigenvalue weighted by molar-refractivity contribution is -0.119. The van der Waals surface area contributed by atoms with Crippen molar-refractivity contribution in [2.45, 2.75) is 77.3 Å². The minimum absolute atomic E-state index is 0.373. The molecule has 8 unspecified atom stereocenters. The van der Waals surface area contributed by atoms with E-state index in [1.807, 2.05) is 0 Å². The van der Waals surface area contributed by atoms with Crippen molar-refractivity contribution in [2.75, 3.05) is 20.6 Å². The molecule has 3 nitrogen and oxygen atoms in total. The van der Waals surface area contributed by atoms with Gasteiger partial charge in [0.05, 0.1) is 0 Å². The molecule has 5 rings (SSSR count). The van der Waals surface area contributed by atoms with E-state index in [1.165, 1.54) is 51.4 Å². The van der Waals surface area contributed by atoms with Crippen molar-refractivity contribution in [3.63, 3.8) is 0 Å². The summed E-state index contributed by atoms with van der Waals surface area (Å²) in [4.78, 5) is 2.44. The van der Waals surface area contributed by atoms with E-state index in [2.05, 4.69) is 38.9 Å². The molecule has 4 aliphatic carbocycles. The summed E-state index contributed by atoms with van der Waals surface area (Å²) in [6.07, 6.45) is 13.6. The second-order valence-corrected chi connectivity index (χ2v) is 10.9. The van der Waals surface area contributed by atoms with Gasteiger partial charge in [-0.05, 0) is 107 Å². The number of allylic oxidation sites excluding steroid dienone is 1. The van der Waals surface area contributed by atoms with Crippen molar-refractivity contribution >= 4 is 0 Å². The topological polar surface area (TPSA) is 26.7 Å². The van der Waals surface area contributed by atoms with Gasteiger partial charge in [-0.15, -0.1) is 0 Å². The van der Waals surface area contributed by atoms with E-state index in [1.54, 1.807) is 10.6 Å². The molecular formula is C23H38N2O. The lowest BCUT2D eigenvalue weighted by Crippen LogP contribution is -2.52. The Balaban J connectivity index is 1.45. The number of fused-ring (bicyclic) bond motifs is 4. The summed E-state index contributed by atoms with van der Waals surface area (Å²) < 4.78 is 0. The van der Waals surface area contributed by atoms with Gasteiger partial charge in [-0.3, -0.25) is 0 Å². The fourth-order valence-corrected chi connectivity index (χ4v) is 8.62. The SMILES string of the molecule is CC1C2CCC3C4CC=C5CC(N(C)C)CCC5(C)C4CCC32CN1O. The van der Waals surface area contributed by atoms with Gasteiger partial charge in [-0.1, -0.05) is 18.6 Å². The molecular weight excluding hydrogens is 320 g/mol. The first-order valence-corrected chi connectivity index (χ1v) is 11.2. The van der Waals surface area contributed by atoms with Crippen LogP contribution in [0.3, 0.4) is 0 Å². The molecule has 5 aliphatic rings. The Kier molecular flexibility index (Phi) is 3.96. The molecule has 3 saturated carbocycles. The van der Waals surface area contributed by atoms with Crippen LogP contribution in [0.2, 0.25) is 0 Å². The zero-order chi connectivity index (χ0) is 18.3. The van der Waals surface area contributed by atoms with Crippen molar-refractivity contribution in [1.82, 2.24) is 9.96 Å². The van der Waals surface area contributed by atoms with E-state index in [9.17, 15) is 5.21 Å². The van der Waals surface area contributed by atoms with E-state index in [4.69, 9.17) is 0 Å². The highest BCUT2D eigenvalue weighted by Crippen LogP contribution is 2.68. The molecule has 26 heavy (non-hydrogen) atoms. The molecule has 1 heterocycles. The number of nitrogens with zero attached hydrogens (tertiary/aromatic N) is 2. The fraction of sp³-hybridized carbons (Fsp3) is 0.913. The molecule has 0 radical (unpaired) electrons. The van der Waals surface area contributed by atoms with E-state index in [-0.39, 0.29) is 0 Å². The number of rotatable bonds is 1. The summed E-state index contributed by atoms with van der Waals surface area (Å²) in [5.74, 6) is 3.35. The summed E-state index contributed by atoms with van der Waals surface area (Å²) in [6, 6.07) is 1.12. The van der Waals surface area contributed by atoms with Gasteiger partial charge < -0.3 is 10.1 Å². The average molecular weight is 359 g/mol. The fourth-order valence-electron chi connectivity index (χ4n) is 8.62. The quantitative estimate of drug-likeness (QED) is 0.696. The largest absolute Gasteiger partial charge is 0.314 e. The van der Waals surface area contributed by atoms with Crippen LogP contribution in [0.1, 0.15) is 65.2 Å². The maximum atomic E-state index is 10.5. The normalized spacial score (nSPS) is 53.7. The van der Waals surface area contributed by atoms with E-state index < -0.39 is 0 Å². The lowest BCUT2D eigenvalue weighted by Gasteiger charge is -2.58. The van der Waals surface area contributed by atoms with Gasteiger partial charge in [-0.25, -0.2) is 0 Å². The van der Waals surface area contributed by atoms with Crippen molar-refractivity contribution in [3.05, 3.63) is 11.6 Å². The molecule has 1 N–H and O–H groups in total. The van der Waals surface area contributed by atoms with Gasteiger partial charge in [0, 0.05) is 18.6 Å². The maximum absolute atomic E-state index is 10.5. The van der Waals surface area contributed by atoms with Crippen LogP contribution in [0, 0.1) is 34.5 Å². The Hall–Kier alpha value is -0.380. The third kappa shape index (κ3) is 2.17. The van der Waals surface area contributed by atoms with E-state index in [0.29, 0.717) is 16.9 Å². The van der Waals surface area contributed by atoms with Crippen molar-refractivity contribution in [3.8, 4) is 0 Å². The predicted molar refractivity (Wildman–Crippen MR) is 105 cm³/mol. The van der Waals surface area contributed by atoms with Crippen molar-refractivity contribution in [1.29, 1.82) is 0 Å². The zero-order valence-electron chi connectivity index (χ0n) is 17.2. The number of hydrogen-bond acceptors (Lipinski definition) is 3. The standard InChI is InChI=1S/C23H38N2O/c1-15-19-7-8-21-18-6-5-16-13-17(24(3)4)9-11-22(16,2)20(18)10-12-23(19,21)14-25(15)26/h5,15,17-21,26H,6-14H2,1-4H3. The second kappa shape index (κ2) is 5.81. The monoisotopic (exact) mass is 358 g/mol. The third-order valence-electron chi connectivity index (χ3n) is 10.1. The van der Waals surface area contributed by atoms with Gasteiger partial charge in [0.2, 0.25) is 0 Å². The van der Waals surface area contributed by atoms with E-state index in [0.717, 1.165) is 36.3 Å². The molecule has 0 aromatic rings. The van der Waals surface area contributed by atoms with Crippen LogP contribution in [0.25, 0.3) is 0 Å². The Labute approximate surface area is 159 Å². The summed E-state index contributed by atoms with van der Waals surface area (Å²) >= 11 is 0. The van der Waals surface area contributed by atoms with Gasteiger partial charge >= 0.3 is 0 Å². The zero-order valence-corrected chi connectivity index (χ0v) is 17.2. The number of hydroxylamine groups is 2. The van der Waals surface area contributed by atoms with Crippen LogP contribution >= 0.6 is 0 Å². The van der Waals surface area contributed by atoms with Crippen LogP contribution in [-0.4, -0.2) is 47.9 Å². The minimum Gasteiger partial charge on any atom is -0.314 e. The number of hydrogen-bond donors (Lipinski definition) is 1. The molecule has 0 aromatic carbocycles. The van der Waals surface area contributed by atoms with Crippen LogP contribution < -0.4 is 0 Å². The van der Waals surface area contributed by atoms with Crippen molar-refractivity contribution in [2.24, 2.45) is 34.5 Å². The average Bonchev–Trinajstić information content (AvgIpc) is 3.08. The van der Waals surface area contributed by atoms with Gasteiger partial charge in [0.15, 0.2) is 0 Å². The van der Waals surface area contributed by atoms with Crippen molar-refractivity contribution < 1.29 is 5.21 Å². The van der Waals surface area contributed by atoms with E-state index >= 15 is 0 Å². The smallest absolute Gasteiger partial charge is 0.0356 e. The highest BCUT2D eigenvalue weighted by Gasteiger charge is 2.64.